The molecule has 16 heavy (non-hydrogen) atoms. The molecule has 0 aliphatic carbocycles. The minimum Gasteiger partial charge on any atom is -0.0858 e. The van der Waals surface area contributed by atoms with Gasteiger partial charge in [0, 0.05) is 10.6 Å². The largest absolute Gasteiger partial charge is 0.0858 e. The molecule has 0 unspecified atom stereocenters. The van der Waals surface area contributed by atoms with E-state index in [1.165, 1.54) is 21.8 Å². The molecular formula is C14H10ClP. The summed E-state index contributed by atoms with van der Waals surface area (Å²) in [4.78, 5) is 0. The Morgan fingerprint density at radius 2 is 1.00 bits per heavy atom. The Bertz CT molecular complexity index is 482. The van der Waals surface area contributed by atoms with Gasteiger partial charge in [0.15, 0.2) is 0 Å². The molecule has 1 aliphatic heterocycles. The molecular weight excluding hydrogens is 235 g/mol. The molecule has 2 heteroatoms. The van der Waals surface area contributed by atoms with Gasteiger partial charge in [0.25, 0.3) is 0 Å². The number of rotatable bonds is 2. The topological polar surface area (TPSA) is 0 Å². The van der Waals surface area contributed by atoms with Crippen LogP contribution in [-0.4, -0.2) is 0 Å². The van der Waals surface area contributed by atoms with Gasteiger partial charge in [0.2, 0.25) is 0 Å². The zero-order valence-electron chi connectivity index (χ0n) is 8.60. The quantitative estimate of drug-likeness (QED) is 0.640. The molecule has 0 nitrogen and oxygen atoms in total. The lowest BCUT2D eigenvalue weighted by Gasteiger charge is -1.90. The van der Waals surface area contributed by atoms with Crippen molar-refractivity contribution in [3.63, 3.8) is 0 Å². The Labute approximate surface area is 101 Å². The second kappa shape index (κ2) is 4.05. The summed E-state index contributed by atoms with van der Waals surface area (Å²) in [5.41, 5.74) is 2.53. The summed E-state index contributed by atoms with van der Waals surface area (Å²) in [7, 11) is -0.544. The average Bonchev–Trinajstić information content (AvgIpc) is 3.03. The van der Waals surface area contributed by atoms with E-state index < -0.39 is 7.27 Å². The molecule has 0 fully saturated rings. The summed E-state index contributed by atoms with van der Waals surface area (Å²) in [6.45, 7) is 0. The van der Waals surface area contributed by atoms with Gasteiger partial charge in [0.1, 0.15) is 0 Å². The van der Waals surface area contributed by atoms with Gasteiger partial charge in [-0.1, -0.05) is 71.9 Å². The van der Waals surface area contributed by atoms with E-state index in [0.717, 1.165) is 0 Å². The molecule has 0 saturated carbocycles. The lowest BCUT2D eigenvalue weighted by atomic mass is 10.1. The summed E-state index contributed by atoms with van der Waals surface area (Å²) in [5.74, 6) is 0. The van der Waals surface area contributed by atoms with Crippen LogP contribution < -0.4 is 0 Å². The third-order valence-electron chi connectivity index (χ3n) is 2.66. The van der Waals surface area contributed by atoms with E-state index in [1.807, 2.05) is 12.1 Å². The fraction of sp³-hybridized carbons (Fsp3) is 0. The highest BCUT2D eigenvalue weighted by atomic mass is 35.7. The molecule has 78 valence electrons. The Balaban J connectivity index is 2.02. The zero-order valence-corrected chi connectivity index (χ0v) is 10.2. The standard InChI is InChI=1S/C14H10ClP/c15-16-13(11-7-3-1-4-8-11)14(16)12-9-5-2-6-10-12/h1-10H. The van der Waals surface area contributed by atoms with Crippen molar-refractivity contribution in [2.45, 2.75) is 0 Å². The second-order valence-corrected chi connectivity index (χ2v) is 6.18. The van der Waals surface area contributed by atoms with Crippen LogP contribution in [0.25, 0.3) is 10.6 Å². The average molecular weight is 245 g/mol. The highest BCUT2D eigenvalue weighted by Gasteiger charge is 2.36. The highest BCUT2D eigenvalue weighted by Crippen LogP contribution is 2.81. The van der Waals surface area contributed by atoms with Crippen LogP contribution in [-0.2, 0) is 0 Å². The van der Waals surface area contributed by atoms with Gasteiger partial charge in [0.05, 0.1) is 7.27 Å². The first-order valence-electron chi connectivity index (χ1n) is 5.19. The SMILES string of the molecule is ClP1C(c2ccccc2)=C1c1ccccc1. The van der Waals surface area contributed by atoms with Gasteiger partial charge in [-0.15, -0.1) is 0 Å². The monoisotopic (exact) mass is 244 g/mol. The van der Waals surface area contributed by atoms with Gasteiger partial charge in [-0.2, -0.15) is 0 Å². The third-order valence-corrected chi connectivity index (χ3v) is 5.20. The van der Waals surface area contributed by atoms with E-state index in [-0.39, 0.29) is 0 Å². The normalized spacial score (nSPS) is 15.3. The van der Waals surface area contributed by atoms with E-state index >= 15 is 0 Å². The second-order valence-electron chi connectivity index (χ2n) is 3.71. The molecule has 0 bridgehead atoms. The molecule has 0 radical (unpaired) electrons. The Morgan fingerprint density at radius 1 is 0.625 bits per heavy atom. The predicted octanol–water partition coefficient (Wildman–Crippen LogP) is 5.16. The van der Waals surface area contributed by atoms with Gasteiger partial charge in [-0.05, 0) is 11.1 Å². The lowest BCUT2D eigenvalue weighted by molar-refractivity contribution is 1.65. The van der Waals surface area contributed by atoms with Crippen LogP contribution in [0.1, 0.15) is 11.1 Å². The molecule has 1 heterocycles. The number of benzene rings is 2. The lowest BCUT2D eigenvalue weighted by Crippen LogP contribution is -1.70. The molecule has 2 aromatic rings. The molecule has 1 aliphatic rings. The van der Waals surface area contributed by atoms with Crippen molar-refractivity contribution in [2.24, 2.45) is 0 Å². The molecule has 0 atom stereocenters. The van der Waals surface area contributed by atoms with Crippen molar-refractivity contribution < 1.29 is 0 Å². The molecule has 0 amide bonds. The minimum absolute atomic E-state index is 0.544. The first-order chi connectivity index (χ1) is 7.88. The minimum atomic E-state index is -0.544. The fourth-order valence-electron chi connectivity index (χ4n) is 1.84. The fourth-order valence-corrected chi connectivity index (χ4v) is 4.43. The molecule has 3 rings (SSSR count). The maximum absolute atomic E-state index is 6.38. The van der Waals surface area contributed by atoms with Crippen LogP contribution >= 0.6 is 18.5 Å². The molecule has 2 aromatic carbocycles. The van der Waals surface area contributed by atoms with Gasteiger partial charge in [-0.3, -0.25) is 0 Å². The summed E-state index contributed by atoms with van der Waals surface area (Å²) >= 11 is 6.38. The van der Waals surface area contributed by atoms with E-state index in [2.05, 4.69) is 48.5 Å². The van der Waals surface area contributed by atoms with Crippen molar-refractivity contribution in [3.8, 4) is 0 Å². The number of halogens is 1. The smallest absolute Gasteiger partial charge is 0.0550 e. The molecule has 0 aromatic heterocycles. The van der Waals surface area contributed by atoms with Crippen molar-refractivity contribution >= 4 is 29.1 Å². The Hall–Kier alpha value is -1.10. The van der Waals surface area contributed by atoms with Crippen molar-refractivity contribution in [3.05, 3.63) is 71.8 Å². The van der Waals surface area contributed by atoms with Crippen LogP contribution in [0.2, 0.25) is 0 Å². The van der Waals surface area contributed by atoms with E-state index in [0.29, 0.717) is 0 Å². The van der Waals surface area contributed by atoms with Crippen LogP contribution in [0.15, 0.2) is 60.7 Å². The molecule has 0 spiro atoms. The summed E-state index contributed by atoms with van der Waals surface area (Å²) in [5, 5.41) is 2.67. The van der Waals surface area contributed by atoms with Crippen LogP contribution in [0, 0.1) is 0 Å². The van der Waals surface area contributed by atoms with Crippen molar-refractivity contribution in [1.29, 1.82) is 0 Å². The van der Waals surface area contributed by atoms with E-state index in [9.17, 15) is 0 Å². The molecule has 0 N–H and O–H groups in total. The summed E-state index contributed by atoms with van der Waals surface area (Å²) in [6.07, 6.45) is 0. The summed E-state index contributed by atoms with van der Waals surface area (Å²) < 4.78 is 0. The van der Waals surface area contributed by atoms with Crippen molar-refractivity contribution in [2.75, 3.05) is 0 Å². The first kappa shape index (κ1) is 10.1. The van der Waals surface area contributed by atoms with Crippen LogP contribution in [0.5, 0.6) is 0 Å². The van der Waals surface area contributed by atoms with Gasteiger partial charge >= 0.3 is 0 Å². The maximum Gasteiger partial charge on any atom is 0.0550 e. The Morgan fingerprint density at radius 3 is 1.38 bits per heavy atom. The molecule has 0 saturated heterocycles. The first-order valence-corrected chi connectivity index (χ1v) is 7.43. The summed E-state index contributed by atoms with van der Waals surface area (Å²) in [6, 6.07) is 20.8. The van der Waals surface area contributed by atoms with Gasteiger partial charge < -0.3 is 0 Å². The van der Waals surface area contributed by atoms with Gasteiger partial charge in [-0.25, -0.2) is 0 Å². The third kappa shape index (κ3) is 1.69. The van der Waals surface area contributed by atoms with Crippen LogP contribution in [0.4, 0.5) is 0 Å². The van der Waals surface area contributed by atoms with Crippen LogP contribution in [0.3, 0.4) is 0 Å². The predicted molar refractivity (Wildman–Crippen MR) is 72.5 cm³/mol. The zero-order chi connectivity index (χ0) is 11.0. The van der Waals surface area contributed by atoms with E-state index in [4.69, 9.17) is 11.2 Å². The Kier molecular flexibility index (Phi) is 2.55. The van der Waals surface area contributed by atoms with E-state index in [1.54, 1.807) is 0 Å². The highest BCUT2D eigenvalue weighted by molar-refractivity contribution is 8.08. The van der Waals surface area contributed by atoms with Crippen molar-refractivity contribution in [1.82, 2.24) is 0 Å². The number of hydrogen-bond acceptors (Lipinski definition) is 0. The number of hydrogen-bond donors (Lipinski definition) is 0. The maximum atomic E-state index is 6.38.